The lowest BCUT2D eigenvalue weighted by Gasteiger charge is -2.36. The van der Waals surface area contributed by atoms with Gasteiger partial charge in [-0.2, -0.15) is 4.31 Å². The summed E-state index contributed by atoms with van der Waals surface area (Å²) in [6, 6.07) is 14.6. The minimum absolute atomic E-state index is 0.00529. The first-order valence-electron chi connectivity index (χ1n) is 9.59. The van der Waals surface area contributed by atoms with Crippen molar-refractivity contribution in [3.8, 4) is 0 Å². The molecule has 156 valence electrons. The number of nitrogens with zero attached hydrogens (tertiary/aromatic N) is 2. The van der Waals surface area contributed by atoms with E-state index in [9.17, 15) is 13.2 Å². The Morgan fingerprint density at radius 1 is 1.10 bits per heavy atom. The van der Waals surface area contributed by atoms with Crippen molar-refractivity contribution in [3.63, 3.8) is 0 Å². The highest BCUT2D eigenvalue weighted by molar-refractivity contribution is 9.10. The summed E-state index contributed by atoms with van der Waals surface area (Å²) in [5.41, 5.74) is 2.62. The summed E-state index contributed by atoms with van der Waals surface area (Å²) < 4.78 is 27.8. The van der Waals surface area contributed by atoms with Crippen molar-refractivity contribution in [2.45, 2.75) is 25.6 Å². The minimum atomic E-state index is -3.36. The molecule has 0 bridgehead atoms. The van der Waals surface area contributed by atoms with Gasteiger partial charge in [0.2, 0.25) is 15.9 Å². The Hall–Kier alpha value is -1.74. The Morgan fingerprint density at radius 3 is 2.38 bits per heavy atom. The smallest absolute Gasteiger partial charge is 0.241 e. The maximum atomic E-state index is 12.7. The van der Waals surface area contributed by atoms with Gasteiger partial charge in [-0.1, -0.05) is 36.4 Å². The third kappa shape index (κ3) is 5.66. The summed E-state index contributed by atoms with van der Waals surface area (Å²) in [4.78, 5) is 14.7. The van der Waals surface area contributed by atoms with Crippen LogP contribution in [0.1, 0.15) is 18.1 Å². The van der Waals surface area contributed by atoms with Gasteiger partial charge in [0.1, 0.15) is 0 Å². The zero-order valence-electron chi connectivity index (χ0n) is 16.6. The molecule has 1 N–H and O–H groups in total. The molecule has 1 atom stereocenters. The first-order valence-corrected chi connectivity index (χ1v) is 12.0. The number of nitrogens with one attached hydrogen (secondary N) is 1. The maximum Gasteiger partial charge on any atom is 0.241 e. The van der Waals surface area contributed by atoms with E-state index in [1.807, 2.05) is 67.3 Å². The van der Waals surface area contributed by atoms with E-state index in [1.165, 1.54) is 4.31 Å². The van der Waals surface area contributed by atoms with Gasteiger partial charge in [0.15, 0.2) is 0 Å². The normalized spacial score (nSPS) is 17.1. The van der Waals surface area contributed by atoms with E-state index in [-0.39, 0.29) is 17.7 Å². The van der Waals surface area contributed by atoms with Crippen LogP contribution >= 0.6 is 15.9 Å². The summed E-state index contributed by atoms with van der Waals surface area (Å²) in [5, 5.41) is 2.95. The van der Waals surface area contributed by atoms with E-state index < -0.39 is 10.0 Å². The van der Waals surface area contributed by atoms with Gasteiger partial charge in [0.25, 0.3) is 0 Å². The fourth-order valence-corrected chi connectivity index (χ4v) is 5.48. The average molecular weight is 480 g/mol. The largest absolute Gasteiger partial charge is 0.324 e. The molecule has 0 unspecified atom stereocenters. The van der Waals surface area contributed by atoms with Crippen LogP contribution in [0.25, 0.3) is 0 Å². The highest BCUT2D eigenvalue weighted by Gasteiger charge is 2.31. The highest BCUT2D eigenvalue weighted by atomic mass is 79.9. The zero-order valence-corrected chi connectivity index (χ0v) is 19.0. The highest BCUT2D eigenvalue weighted by Crippen LogP contribution is 2.24. The molecule has 1 heterocycles. The van der Waals surface area contributed by atoms with Crippen molar-refractivity contribution in [1.82, 2.24) is 9.21 Å². The number of carbonyl (C=O) groups is 1. The number of aryl methyl sites for hydroxylation is 1. The van der Waals surface area contributed by atoms with Crippen molar-refractivity contribution < 1.29 is 13.2 Å². The first kappa shape index (κ1) is 22.0. The number of halogens is 1. The number of anilines is 1. The summed E-state index contributed by atoms with van der Waals surface area (Å²) in [5.74, 6) is -0.0964. The quantitative estimate of drug-likeness (QED) is 0.690. The van der Waals surface area contributed by atoms with Crippen molar-refractivity contribution in [2.75, 3.05) is 31.5 Å². The zero-order chi connectivity index (χ0) is 21.0. The SMILES string of the molecule is Cc1ccc(NC(=O)[C@@H](C)N2CCN(S(=O)(=O)Cc3ccccc3)CC2)c(Br)c1. The molecule has 0 radical (unpaired) electrons. The molecule has 1 aliphatic rings. The number of amides is 1. The molecule has 0 aliphatic carbocycles. The molecule has 2 aromatic carbocycles. The Kier molecular flexibility index (Phi) is 7.10. The molecule has 1 amide bonds. The molecule has 8 heteroatoms. The van der Waals surface area contributed by atoms with Crippen LogP contribution in [0.15, 0.2) is 53.0 Å². The van der Waals surface area contributed by atoms with Crippen LogP contribution in [0.4, 0.5) is 5.69 Å². The van der Waals surface area contributed by atoms with Gasteiger partial charge in [-0.25, -0.2) is 8.42 Å². The molecule has 0 saturated carbocycles. The number of rotatable bonds is 6. The minimum Gasteiger partial charge on any atom is -0.324 e. The Labute approximate surface area is 181 Å². The van der Waals surface area contributed by atoms with Crippen LogP contribution in [0.2, 0.25) is 0 Å². The average Bonchev–Trinajstić information content (AvgIpc) is 2.70. The number of sulfonamides is 1. The van der Waals surface area contributed by atoms with E-state index in [1.54, 1.807) is 0 Å². The van der Waals surface area contributed by atoms with Gasteiger partial charge in [0.05, 0.1) is 17.5 Å². The monoisotopic (exact) mass is 479 g/mol. The maximum absolute atomic E-state index is 12.7. The summed E-state index contributed by atoms with van der Waals surface area (Å²) >= 11 is 3.48. The van der Waals surface area contributed by atoms with Crippen LogP contribution in [0, 0.1) is 6.92 Å². The molecular weight excluding hydrogens is 454 g/mol. The first-order chi connectivity index (χ1) is 13.8. The van der Waals surface area contributed by atoms with E-state index in [4.69, 9.17) is 0 Å². The van der Waals surface area contributed by atoms with Crippen LogP contribution in [0.3, 0.4) is 0 Å². The van der Waals surface area contributed by atoms with E-state index in [0.29, 0.717) is 26.2 Å². The Morgan fingerprint density at radius 2 is 1.76 bits per heavy atom. The van der Waals surface area contributed by atoms with Gasteiger partial charge < -0.3 is 5.32 Å². The number of piperazine rings is 1. The number of carbonyl (C=O) groups excluding carboxylic acids is 1. The van der Waals surface area contributed by atoms with Crippen molar-refractivity contribution in [2.24, 2.45) is 0 Å². The van der Waals surface area contributed by atoms with E-state index in [0.717, 1.165) is 21.3 Å². The van der Waals surface area contributed by atoms with Crippen LogP contribution in [-0.2, 0) is 20.6 Å². The van der Waals surface area contributed by atoms with E-state index in [2.05, 4.69) is 21.2 Å². The molecule has 6 nitrogen and oxygen atoms in total. The van der Waals surface area contributed by atoms with E-state index >= 15 is 0 Å². The van der Waals surface area contributed by atoms with Gasteiger partial charge >= 0.3 is 0 Å². The second-order valence-corrected chi connectivity index (χ2v) is 10.1. The van der Waals surface area contributed by atoms with Crippen molar-refractivity contribution in [3.05, 3.63) is 64.1 Å². The molecule has 29 heavy (non-hydrogen) atoms. The van der Waals surface area contributed by atoms with Crippen molar-refractivity contribution >= 4 is 37.5 Å². The van der Waals surface area contributed by atoms with Gasteiger partial charge in [-0.3, -0.25) is 9.69 Å². The lowest BCUT2D eigenvalue weighted by atomic mass is 10.2. The van der Waals surface area contributed by atoms with Gasteiger partial charge in [-0.15, -0.1) is 0 Å². The standard InChI is InChI=1S/C21H26BrN3O3S/c1-16-8-9-20(19(22)14-16)23-21(26)17(2)24-10-12-25(13-11-24)29(27,28)15-18-6-4-3-5-7-18/h3-9,14,17H,10-13,15H2,1-2H3,(H,23,26)/t17-/m1/s1. The van der Waals surface area contributed by atoms with Gasteiger partial charge in [-0.05, 0) is 53.0 Å². The lowest BCUT2D eigenvalue weighted by molar-refractivity contribution is -0.121. The molecule has 1 saturated heterocycles. The topological polar surface area (TPSA) is 69.7 Å². The second kappa shape index (κ2) is 9.38. The van der Waals surface area contributed by atoms with Crippen molar-refractivity contribution in [1.29, 1.82) is 0 Å². The Balaban J connectivity index is 1.56. The molecule has 0 spiro atoms. The van der Waals surface area contributed by atoms with Crippen LogP contribution in [-0.4, -0.2) is 55.8 Å². The number of hydrogen-bond donors (Lipinski definition) is 1. The molecule has 1 aliphatic heterocycles. The molecule has 3 rings (SSSR count). The molecule has 0 aromatic heterocycles. The van der Waals surface area contributed by atoms with Crippen LogP contribution in [0.5, 0.6) is 0 Å². The fourth-order valence-electron chi connectivity index (χ4n) is 3.37. The molecule has 1 fully saturated rings. The van der Waals surface area contributed by atoms with Gasteiger partial charge in [0, 0.05) is 30.7 Å². The fraction of sp³-hybridized carbons (Fsp3) is 0.381. The molecular formula is C21H26BrN3O3S. The summed E-state index contributed by atoms with van der Waals surface area (Å²) in [6.45, 7) is 5.67. The predicted molar refractivity (Wildman–Crippen MR) is 119 cm³/mol. The van der Waals surface area contributed by atoms with Crippen LogP contribution < -0.4 is 5.32 Å². The molecule has 2 aromatic rings. The number of hydrogen-bond acceptors (Lipinski definition) is 4. The Bertz CT molecular complexity index is 958. The summed E-state index contributed by atoms with van der Waals surface area (Å²) in [7, 11) is -3.36. The number of benzene rings is 2. The third-order valence-corrected chi connectivity index (χ3v) is 7.67. The third-order valence-electron chi connectivity index (χ3n) is 5.17. The lowest BCUT2D eigenvalue weighted by Crippen LogP contribution is -2.54. The predicted octanol–water partition coefficient (Wildman–Crippen LogP) is 3.23. The second-order valence-electron chi connectivity index (χ2n) is 7.33. The summed E-state index contributed by atoms with van der Waals surface area (Å²) in [6.07, 6.45) is 0.